The number of hydrogen-bond acceptors (Lipinski definition) is 5. The van der Waals surface area contributed by atoms with E-state index < -0.39 is 0 Å². The van der Waals surface area contributed by atoms with E-state index in [1.807, 2.05) is 29.0 Å². The molecule has 2 aromatic heterocycles. The fourth-order valence-electron chi connectivity index (χ4n) is 1.48. The molecule has 3 aromatic rings. The number of nitrogens with two attached hydrogens (primary N) is 1. The number of nitrogens with zero attached hydrogens (tertiary/aromatic N) is 1. The summed E-state index contributed by atoms with van der Waals surface area (Å²) in [5, 5.41) is 7.05. The highest BCUT2D eigenvalue weighted by Gasteiger charge is 2.07. The first-order valence-corrected chi connectivity index (χ1v) is 5.71. The van der Waals surface area contributed by atoms with Crippen LogP contribution < -0.4 is 11.1 Å². The second-order valence-electron chi connectivity index (χ2n) is 3.35. The molecule has 0 aliphatic rings. The quantitative estimate of drug-likeness (QED) is 0.665. The first-order valence-electron chi connectivity index (χ1n) is 4.77. The van der Waals surface area contributed by atoms with Crippen molar-refractivity contribution in [1.82, 2.24) is 4.98 Å². The first kappa shape index (κ1) is 9.23. The Labute approximate surface area is 95.7 Å². The van der Waals surface area contributed by atoms with Crippen molar-refractivity contribution in [1.29, 1.82) is 0 Å². The lowest BCUT2D eigenvalue weighted by atomic mass is 10.3. The number of anilines is 3. The lowest BCUT2D eigenvalue weighted by molar-refractivity contribution is 0.623. The van der Waals surface area contributed by atoms with Crippen LogP contribution in [0.2, 0.25) is 0 Å². The SMILES string of the molecule is Nc1cccc2oc(Nc3ccsc3)nc12. The summed E-state index contributed by atoms with van der Waals surface area (Å²) in [6.07, 6.45) is 0. The van der Waals surface area contributed by atoms with Gasteiger partial charge in [0.2, 0.25) is 0 Å². The fraction of sp³-hybridized carbons (Fsp3) is 0. The molecule has 0 aliphatic heterocycles. The summed E-state index contributed by atoms with van der Waals surface area (Å²) >= 11 is 1.61. The number of aromatic nitrogens is 1. The van der Waals surface area contributed by atoms with E-state index in [0.29, 0.717) is 22.8 Å². The molecule has 3 rings (SSSR count). The van der Waals surface area contributed by atoms with Crippen molar-refractivity contribution in [3.05, 3.63) is 35.0 Å². The normalized spacial score (nSPS) is 10.8. The molecule has 0 fully saturated rings. The number of benzene rings is 1. The first-order chi connectivity index (χ1) is 7.83. The smallest absolute Gasteiger partial charge is 0.300 e. The van der Waals surface area contributed by atoms with Gasteiger partial charge in [0, 0.05) is 5.38 Å². The maximum atomic E-state index is 5.79. The van der Waals surface area contributed by atoms with E-state index in [0.717, 1.165) is 5.69 Å². The Hall–Kier alpha value is -2.01. The monoisotopic (exact) mass is 231 g/mol. The number of thiophene rings is 1. The van der Waals surface area contributed by atoms with E-state index in [9.17, 15) is 0 Å². The predicted molar refractivity (Wildman–Crippen MR) is 66.0 cm³/mol. The summed E-state index contributed by atoms with van der Waals surface area (Å²) < 4.78 is 5.52. The van der Waals surface area contributed by atoms with Gasteiger partial charge in [-0.2, -0.15) is 16.3 Å². The zero-order valence-electron chi connectivity index (χ0n) is 8.31. The van der Waals surface area contributed by atoms with E-state index in [-0.39, 0.29) is 0 Å². The molecule has 0 unspecified atom stereocenters. The maximum absolute atomic E-state index is 5.79. The molecular weight excluding hydrogens is 222 g/mol. The van der Waals surface area contributed by atoms with Gasteiger partial charge in [0.1, 0.15) is 5.52 Å². The molecule has 0 bridgehead atoms. The second kappa shape index (κ2) is 3.53. The van der Waals surface area contributed by atoms with E-state index in [1.54, 1.807) is 17.4 Å². The van der Waals surface area contributed by atoms with E-state index >= 15 is 0 Å². The van der Waals surface area contributed by atoms with E-state index in [1.165, 1.54) is 0 Å². The highest BCUT2D eigenvalue weighted by atomic mass is 32.1. The Kier molecular flexibility index (Phi) is 2.04. The number of nitrogen functional groups attached to an aromatic ring is 1. The number of fused-ring (bicyclic) bond motifs is 1. The summed E-state index contributed by atoms with van der Waals surface area (Å²) in [5.74, 6) is 0. The highest BCUT2D eigenvalue weighted by Crippen LogP contribution is 2.26. The zero-order chi connectivity index (χ0) is 11.0. The number of nitrogens with one attached hydrogen (secondary N) is 1. The Morgan fingerprint density at radius 1 is 1.31 bits per heavy atom. The largest absolute Gasteiger partial charge is 0.423 e. The van der Waals surface area contributed by atoms with Crippen molar-refractivity contribution >= 4 is 39.8 Å². The van der Waals surface area contributed by atoms with Gasteiger partial charge in [-0.05, 0) is 23.6 Å². The number of rotatable bonds is 2. The summed E-state index contributed by atoms with van der Waals surface area (Å²) in [4.78, 5) is 4.29. The molecule has 5 heteroatoms. The molecule has 0 radical (unpaired) electrons. The van der Waals surface area contributed by atoms with Gasteiger partial charge in [0.05, 0.1) is 11.4 Å². The van der Waals surface area contributed by atoms with Crippen LogP contribution in [0.5, 0.6) is 0 Å². The van der Waals surface area contributed by atoms with Crippen molar-refractivity contribution in [2.24, 2.45) is 0 Å². The lowest BCUT2D eigenvalue weighted by Gasteiger charge is -1.94. The molecule has 16 heavy (non-hydrogen) atoms. The van der Waals surface area contributed by atoms with Crippen LogP contribution in [-0.4, -0.2) is 4.98 Å². The molecule has 1 aromatic carbocycles. The van der Waals surface area contributed by atoms with Gasteiger partial charge in [0.15, 0.2) is 5.58 Å². The number of para-hydroxylation sites is 1. The minimum absolute atomic E-state index is 0.464. The van der Waals surface area contributed by atoms with Crippen LogP contribution in [-0.2, 0) is 0 Å². The van der Waals surface area contributed by atoms with Gasteiger partial charge < -0.3 is 15.5 Å². The van der Waals surface area contributed by atoms with Crippen molar-refractivity contribution in [2.45, 2.75) is 0 Å². The topological polar surface area (TPSA) is 64.1 Å². The van der Waals surface area contributed by atoms with Crippen LogP contribution >= 0.6 is 11.3 Å². The lowest BCUT2D eigenvalue weighted by Crippen LogP contribution is -1.88. The Balaban J connectivity index is 2.02. The highest BCUT2D eigenvalue weighted by molar-refractivity contribution is 7.08. The third kappa shape index (κ3) is 1.51. The van der Waals surface area contributed by atoms with Crippen molar-refractivity contribution < 1.29 is 4.42 Å². The van der Waals surface area contributed by atoms with E-state index in [4.69, 9.17) is 10.2 Å². The number of oxazole rings is 1. The Morgan fingerprint density at radius 3 is 3.00 bits per heavy atom. The molecule has 80 valence electrons. The minimum atomic E-state index is 0.464. The van der Waals surface area contributed by atoms with Crippen LogP contribution in [0.25, 0.3) is 11.1 Å². The van der Waals surface area contributed by atoms with Crippen LogP contribution in [0.1, 0.15) is 0 Å². The standard InChI is InChI=1S/C11H9N3OS/c12-8-2-1-3-9-10(8)14-11(15-9)13-7-4-5-16-6-7/h1-6H,12H2,(H,13,14). The van der Waals surface area contributed by atoms with Crippen molar-refractivity contribution in [2.75, 3.05) is 11.1 Å². The van der Waals surface area contributed by atoms with Crippen LogP contribution in [0, 0.1) is 0 Å². The summed E-state index contributed by atoms with van der Waals surface area (Å²) in [5.41, 5.74) is 8.77. The van der Waals surface area contributed by atoms with Crippen molar-refractivity contribution in [3.63, 3.8) is 0 Å². The van der Waals surface area contributed by atoms with Gasteiger partial charge in [-0.15, -0.1) is 0 Å². The summed E-state index contributed by atoms with van der Waals surface area (Å²) in [7, 11) is 0. The molecule has 2 heterocycles. The Bertz CT molecular complexity index is 615. The van der Waals surface area contributed by atoms with Gasteiger partial charge in [-0.1, -0.05) is 6.07 Å². The third-order valence-corrected chi connectivity index (χ3v) is 2.91. The van der Waals surface area contributed by atoms with Gasteiger partial charge >= 0.3 is 0 Å². The molecule has 0 saturated heterocycles. The predicted octanol–water partition coefficient (Wildman–Crippen LogP) is 3.22. The van der Waals surface area contributed by atoms with Crippen LogP contribution in [0.3, 0.4) is 0 Å². The second-order valence-corrected chi connectivity index (χ2v) is 4.13. The van der Waals surface area contributed by atoms with Crippen LogP contribution in [0.15, 0.2) is 39.4 Å². The minimum Gasteiger partial charge on any atom is -0.423 e. The maximum Gasteiger partial charge on any atom is 0.300 e. The molecule has 0 saturated carbocycles. The van der Waals surface area contributed by atoms with Gasteiger partial charge in [0.25, 0.3) is 6.01 Å². The molecule has 4 nitrogen and oxygen atoms in total. The fourth-order valence-corrected chi connectivity index (χ4v) is 2.07. The molecule has 0 atom stereocenters. The molecule has 3 N–H and O–H groups in total. The Morgan fingerprint density at radius 2 is 2.25 bits per heavy atom. The molecule has 0 amide bonds. The van der Waals surface area contributed by atoms with Gasteiger partial charge in [-0.25, -0.2) is 0 Å². The average molecular weight is 231 g/mol. The van der Waals surface area contributed by atoms with Gasteiger partial charge in [-0.3, -0.25) is 0 Å². The summed E-state index contributed by atoms with van der Waals surface area (Å²) in [6, 6.07) is 7.92. The molecule has 0 aliphatic carbocycles. The molecular formula is C11H9N3OS. The average Bonchev–Trinajstić information content (AvgIpc) is 2.88. The number of hydrogen-bond donors (Lipinski definition) is 2. The summed E-state index contributed by atoms with van der Waals surface area (Å²) in [6.45, 7) is 0. The molecule has 0 spiro atoms. The van der Waals surface area contributed by atoms with E-state index in [2.05, 4.69) is 10.3 Å². The zero-order valence-corrected chi connectivity index (χ0v) is 9.12. The van der Waals surface area contributed by atoms with Crippen molar-refractivity contribution in [3.8, 4) is 0 Å². The van der Waals surface area contributed by atoms with Crippen LogP contribution in [0.4, 0.5) is 17.4 Å². The third-order valence-electron chi connectivity index (χ3n) is 2.22.